The third-order valence-corrected chi connectivity index (χ3v) is 7.95. The zero-order valence-corrected chi connectivity index (χ0v) is 23.6. The van der Waals surface area contributed by atoms with Crippen molar-refractivity contribution in [2.24, 2.45) is 0 Å². The lowest BCUT2D eigenvalue weighted by Crippen LogP contribution is -2.58. The second-order valence-corrected chi connectivity index (χ2v) is 10.6. The molecule has 1 amide bonds. The maximum absolute atomic E-state index is 13.0. The molecule has 2 aliphatic rings. The van der Waals surface area contributed by atoms with E-state index in [2.05, 4.69) is 42.2 Å². The fraction of sp³-hybridized carbons (Fsp3) is 0.500. The summed E-state index contributed by atoms with van der Waals surface area (Å²) in [6, 6.07) is 6.23. The normalized spacial score (nSPS) is 18.9. The van der Waals surface area contributed by atoms with Crippen LogP contribution in [0, 0.1) is 0 Å². The smallest absolute Gasteiger partial charge is 0.315 e. The number of nitrogens with zero attached hydrogens (tertiary/aromatic N) is 7. The van der Waals surface area contributed by atoms with Crippen LogP contribution in [0.3, 0.4) is 0 Å². The van der Waals surface area contributed by atoms with Crippen molar-refractivity contribution in [2.75, 3.05) is 55.2 Å². The van der Waals surface area contributed by atoms with E-state index in [0.29, 0.717) is 59.8 Å². The van der Waals surface area contributed by atoms with Crippen molar-refractivity contribution >= 4 is 46.8 Å². The van der Waals surface area contributed by atoms with Crippen LogP contribution in [0.1, 0.15) is 43.5 Å². The van der Waals surface area contributed by atoms with Gasteiger partial charge in [0, 0.05) is 57.5 Å². The average molecular weight is 575 g/mol. The summed E-state index contributed by atoms with van der Waals surface area (Å²) in [5, 5.41) is 11.9. The van der Waals surface area contributed by atoms with Crippen LogP contribution in [0.4, 0.5) is 17.7 Å². The second kappa shape index (κ2) is 11.9. The minimum absolute atomic E-state index is 0.0884. The molecule has 3 N–H and O–H groups in total. The molecule has 1 atom stereocenters. The van der Waals surface area contributed by atoms with E-state index in [1.807, 2.05) is 17.9 Å². The first-order valence-corrected chi connectivity index (χ1v) is 14.1. The first-order valence-electron chi connectivity index (χ1n) is 13.3. The predicted molar refractivity (Wildman–Crippen MR) is 152 cm³/mol. The summed E-state index contributed by atoms with van der Waals surface area (Å²) < 4.78 is 5.63. The summed E-state index contributed by atoms with van der Waals surface area (Å²) in [7, 11) is 0. The number of carbonyl (C=O) groups is 1. The molecular formula is C26H33Cl2N9O2. The number of halogens is 2. The number of hydrogen-bond acceptors (Lipinski definition) is 10. The van der Waals surface area contributed by atoms with Crippen LogP contribution in [0.25, 0.3) is 11.5 Å². The van der Waals surface area contributed by atoms with Gasteiger partial charge in [-0.25, -0.2) is 9.97 Å². The number of aromatic nitrogens is 4. The van der Waals surface area contributed by atoms with Crippen molar-refractivity contribution in [3.63, 3.8) is 0 Å². The van der Waals surface area contributed by atoms with Gasteiger partial charge < -0.3 is 25.3 Å². The number of piperidine rings is 1. The van der Waals surface area contributed by atoms with E-state index in [1.165, 1.54) is 0 Å². The molecule has 0 unspecified atom stereocenters. The van der Waals surface area contributed by atoms with Gasteiger partial charge in [-0.05, 0) is 44.4 Å². The lowest BCUT2D eigenvalue weighted by molar-refractivity contribution is 0.0491. The minimum atomic E-state index is -0.0884. The van der Waals surface area contributed by atoms with Crippen molar-refractivity contribution in [1.82, 2.24) is 30.0 Å². The van der Waals surface area contributed by atoms with E-state index in [4.69, 9.17) is 33.4 Å². The number of hydrogen-bond donors (Lipinski definition) is 2. The maximum Gasteiger partial charge on any atom is 0.315 e. The third-order valence-electron chi connectivity index (χ3n) is 7.46. The van der Waals surface area contributed by atoms with Crippen LogP contribution in [0.5, 0.6) is 0 Å². The molecule has 3 aromatic rings. The molecule has 2 saturated heterocycles. The molecule has 2 fully saturated rings. The summed E-state index contributed by atoms with van der Waals surface area (Å²) in [5.41, 5.74) is 7.04. The van der Waals surface area contributed by atoms with E-state index >= 15 is 0 Å². The number of anilines is 3. The Morgan fingerprint density at radius 3 is 2.64 bits per heavy atom. The Kier molecular flexibility index (Phi) is 8.39. The Morgan fingerprint density at radius 1 is 1.15 bits per heavy atom. The molecule has 0 saturated carbocycles. The van der Waals surface area contributed by atoms with E-state index in [-0.39, 0.29) is 16.9 Å². The number of carbonyl (C=O) groups excluding carboxylic acids is 1. The highest BCUT2D eigenvalue weighted by Crippen LogP contribution is 2.32. The fourth-order valence-electron chi connectivity index (χ4n) is 5.45. The minimum Gasteiger partial charge on any atom is -0.403 e. The van der Waals surface area contributed by atoms with Gasteiger partial charge in [-0.3, -0.25) is 9.69 Å². The molecule has 0 spiro atoms. The lowest BCUT2D eigenvalue weighted by atomic mass is 9.97. The molecule has 0 radical (unpaired) electrons. The standard InChI is InChI=1S/C26H33Cl2N9O2/c1-3-17-15-36(23-20(27)13-16(14-31-23)24-33-34-26(39-24)30-4-2)11-12-37(17)18-7-9-35(10-8-18)25(38)19-5-6-21(28)32-22(19)29/h5-6,13-14,17-18H,3-4,7-12,15H2,1-2H3,(H2,29,32)(H,30,34)/t17-/m0/s1. The van der Waals surface area contributed by atoms with E-state index in [1.54, 1.807) is 18.3 Å². The molecule has 13 heteroatoms. The highest BCUT2D eigenvalue weighted by atomic mass is 35.5. The van der Waals surface area contributed by atoms with Crippen molar-refractivity contribution in [1.29, 1.82) is 0 Å². The number of pyridine rings is 2. The van der Waals surface area contributed by atoms with Crippen molar-refractivity contribution in [3.8, 4) is 11.5 Å². The zero-order chi connectivity index (χ0) is 27.5. The van der Waals surface area contributed by atoms with Crippen LogP contribution in [-0.2, 0) is 0 Å². The molecule has 2 aliphatic heterocycles. The highest BCUT2D eigenvalue weighted by molar-refractivity contribution is 6.33. The Labute approximate surface area is 237 Å². The summed E-state index contributed by atoms with van der Waals surface area (Å²) in [4.78, 5) is 28.4. The van der Waals surface area contributed by atoms with Crippen molar-refractivity contribution in [2.45, 2.75) is 45.2 Å². The monoisotopic (exact) mass is 573 g/mol. The van der Waals surface area contributed by atoms with Gasteiger partial charge in [0.25, 0.3) is 11.8 Å². The van der Waals surface area contributed by atoms with Crippen LogP contribution < -0.4 is 16.0 Å². The van der Waals surface area contributed by atoms with Gasteiger partial charge in [-0.15, -0.1) is 5.10 Å². The Bertz CT molecular complexity index is 1310. The van der Waals surface area contributed by atoms with Gasteiger partial charge in [0.05, 0.1) is 16.1 Å². The van der Waals surface area contributed by atoms with Gasteiger partial charge >= 0.3 is 6.01 Å². The Balaban J connectivity index is 1.20. The molecule has 0 aromatic carbocycles. The lowest BCUT2D eigenvalue weighted by Gasteiger charge is -2.47. The third kappa shape index (κ3) is 5.90. The molecule has 3 aromatic heterocycles. The molecule has 11 nitrogen and oxygen atoms in total. The SMILES string of the molecule is CCNc1nnc(-c2cnc(N3CCN(C4CCN(C(=O)c5ccc(Cl)nc5N)CC4)[C@@H](CC)C3)c(Cl)c2)o1. The van der Waals surface area contributed by atoms with E-state index < -0.39 is 0 Å². The summed E-state index contributed by atoms with van der Waals surface area (Å²) in [5.74, 6) is 1.23. The van der Waals surface area contributed by atoms with E-state index in [0.717, 1.165) is 44.7 Å². The second-order valence-electron chi connectivity index (χ2n) is 9.81. The van der Waals surface area contributed by atoms with Crippen molar-refractivity contribution < 1.29 is 9.21 Å². The molecule has 5 rings (SSSR count). The quantitative estimate of drug-likeness (QED) is 0.399. The molecule has 0 bridgehead atoms. The Hall–Kier alpha value is -3.15. The van der Waals surface area contributed by atoms with Gasteiger partial charge in [-0.1, -0.05) is 35.2 Å². The number of nitrogens with one attached hydrogen (secondary N) is 1. The molecule has 39 heavy (non-hydrogen) atoms. The molecule has 208 valence electrons. The van der Waals surface area contributed by atoms with Crippen LogP contribution in [0.2, 0.25) is 10.2 Å². The van der Waals surface area contributed by atoms with Crippen LogP contribution in [0.15, 0.2) is 28.8 Å². The van der Waals surface area contributed by atoms with Gasteiger partial charge in [-0.2, -0.15) is 0 Å². The topological polar surface area (TPSA) is 130 Å². The first kappa shape index (κ1) is 27.4. The summed E-state index contributed by atoms with van der Waals surface area (Å²) in [6.45, 7) is 8.79. The number of amides is 1. The molecule has 5 heterocycles. The van der Waals surface area contributed by atoms with Gasteiger partial charge in [0.1, 0.15) is 16.8 Å². The summed E-state index contributed by atoms with van der Waals surface area (Å²) >= 11 is 12.6. The highest BCUT2D eigenvalue weighted by Gasteiger charge is 2.35. The first-order chi connectivity index (χ1) is 18.9. The van der Waals surface area contributed by atoms with Gasteiger partial charge in [0.15, 0.2) is 0 Å². The average Bonchev–Trinajstić information content (AvgIpc) is 3.41. The molecule has 0 aliphatic carbocycles. The van der Waals surface area contributed by atoms with E-state index in [9.17, 15) is 4.79 Å². The number of rotatable bonds is 7. The van der Waals surface area contributed by atoms with Crippen molar-refractivity contribution in [3.05, 3.63) is 40.1 Å². The number of likely N-dealkylation sites (tertiary alicyclic amines) is 1. The van der Waals surface area contributed by atoms with Gasteiger partial charge in [0.2, 0.25) is 0 Å². The molecular weight excluding hydrogens is 541 g/mol. The largest absolute Gasteiger partial charge is 0.403 e. The number of nitrogen functional groups attached to an aromatic ring is 1. The maximum atomic E-state index is 13.0. The summed E-state index contributed by atoms with van der Waals surface area (Å²) in [6.07, 6.45) is 4.56. The fourth-order valence-corrected chi connectivity index (χ4v) is 5.89. The number of piperazine rings is 1. The van der Waals surface area contributed by atoms with Crippen LogP contribution >= 0.6 is 23.2 Å². The Morgan fingerprint density at radius 2 is 1.95 bits per heavy atom. The number of nitrogens with two attached hydrogens (primary N) is 1. The van der Waals surface area contributed by atoms with Crippen LogP contribution in [-0.4, -0.2) is 87.2 Å². The predicted octanol–water partition coefficient (Wildman–Crippen LogP) is 4.05. The zero-order valence-electron chi connectivity index (χ0n) is 22.1.